The van der Waals surface area contributed by atoms with Crippen LogP contribution < -0.4 is 4.74 Å². The Morgan fingerprint density at radius 2 is 1.74 bits per heavy atom. The largest absolute Gasteiger partial charge is 0.494 e. The molecule has 9 heteroatoms. The Bertz CT molecular complexity index is 1250. The van der Waals surface area contributed by atoms with Crippen molar-refractivity contribution in [3.05, 3.63) is 59.8 Å². The maximum absolute atomic E-state index is 14.2. The van der Waals surface area contributed by atoms with Gasteiger partial charge >= 0.3 is 0 Å². The topological polar surface area (TPSA) is 76.0 Å². The summed E-state index contributed by atoms with van der Waals surface area (Å²) in [6.07, 6.45) is 1.68. The number of nitrogens with one attached hydrogen (secondary N) is 1. The number of nitrogens with zero attached hydrogens (tertiary/aromatic N) is 3. The molecule has 4 aromatic rings. The minimum Gasteiger partial charge on any atom is -0.494 e. The highest BCUT2D eigenvalue weighted by Gasteiger charge is 2.34. The molecule has 0 aliphatic carbocycles. The molecule has 0 aliphatic rings. The van der Waals surface area contributed by atoms with Gasteiger partial charge in [-0.1, -0.05) is 6.07 Å². The summed E-state index contributed by atoms with van der Waals surface area (Å²) in [4.78, 5) is 2.76. The summed E-state index contributed by atoms with van der Waals surface area (Å²) < 4.78 is 49.0. The summed E-state index contributed by atoms with van der Waals surface area (Å²) >= 11 is 0. The van der Waals surface area contributed by atoms with Crippen molar-refractivity contribution in [2.75, 3.05) is 0 Å². The molecule has 0 aliphatic heterocycles. The third kappa shape index (κ3) is 3.60. The first-order valence-electron chi connectivity index (χ1n) is 9.68. The molecular weight excluding hydrogens is 409 g/mol. The Labute approximate surface area is 176 Å². The Balaban J connectivity index is 1.79. The molecule has 2 aromatic heterocycles. The fourth-order valence-corrected chi connectivity index (χ4v) is 3.58. The van der Waals surface area contributed by atoms with E-state index in [1.165, 1.54) is 0 Å². The molecule has 2 N–H and O–H groups in total. The van der Waals surface area contributed by atoms with Crippen molar-refractivity contribution in [1.82, 2.24) is 19.7 Å². The molecule has 0 atom stereocenters. The molecule has 4 rings (SSSR count). The fraction of sp³-hybridized carbons (Fsp3) is 0.273. The van der Waals surface area contributed by atoms with E-state index in [0.717, 1.165) is 10.9 Å². The van der Waals surface area contributed by atoms with Crippen molar-refractivity contribution in [1.29, 1.82) is 0 Å². The van der Waals surface area contributed by atoms with Gasteiger partial charge in [0.1, 0.15) is 5.82 Å². The van der Waals surface area contributed by atoms with Crippen LogP contribution in [0.5, 0.6) is 11.6 Å². The quantitative estimate of drug-likeness (QED) is 0.442. The van der Waals surface area contributed by atoms with Crippen LogP contribution in [0.1, 0.15) is 39.6 Å². The lowest BCUT2D eigenvalue weighted by molar-refractivity contribution is 0.0811. The Morgan fingerprint density at radius 3 is 2.39 bits per heavy atom. The molecule has 0 radical (unpaired) electrons. The Kier molecular flexibility index (Phi) is 4.91. The minimum atomic E-state index is -1.29. The van der Waals surface area contributed by atoms with E-state index in [9.17, 15) is 18.3 Å². The van der Waals surface area contributed by atoms with Gasteiger partial charge in [0.2, 0.25) is 0 Å². The second kappa shape index (κ2) is 7.33. The van der Waals surface area contributed by atoms with Crippen molar-refractivity contribution in [3.8, 4) is 23.0 Å². The predicted molar refractivity (Wildman–Crippen MR) is 109 cm³/mol. The van der Waals surface area contributed by atoms with Gasteiger partial charge < -0.3 is 19.4 Å². The molecular formula is C22H21F3N4O2. The number of aromatic hydroxyl groups is 1. The maximum atomic E-state index is 14.2. The number of hydrogen-bond donors (Lipinski definition) is 2. The van der Waals surface area contributed by atoms with Gasteiger partial charge in [0, 0.05) is 40.7 Å². The first-order valence-corrected chi connectivity index (χ1v) is 9.68. The van der Waals surface area contributed by atoms with Gasteiger partial charge in [0.05, 0.1) is 0 Å². The van der Waals surface area contributed by atoms with E-state index in [0.29, 0.717) is 29.2 Å². The van der Waals surface area contributed by atoms with Crippen molar-refractivity contribution in [2.45, 2.75) is 39.3 Å². The number of ether oxygens (including phenoxy) is 1. The van der Waals surface area contributed by atoms with Crippen LogP contribution in [0.2, 0.25) is 0 Å². The molecule has 0 bridgehead atoms. The standard InChI is InChI=1S/C22H21F3N4O2/c1-11(2)29-19(12-5-6-15-13(7-12)10-26-20(15)30)27-28-21(29)22(3,4)31-18-16(24)8-14(23)9-17(18)25/h5-11,26,30H,1-4H3. The van der Waals surface area contributed by atoms with Crippen molar-refractivity contribution < 1.29 is 23.0 Å². The van der Waals surface area contributed by atoms with Crippen molar-refractivity contribution in [3.63, 3.8) is 0 Å². The second-order valence-corrected chi connectivity index (χ2v) is 8.06. The normalized spacial score (nSPS) is 12.1. The highest BCUT2D eigenvalue weighted by atomic mass is 19.1. The number of aromatic amines is 1. The van der Waals surface area contributed by atoms with Gasteiger partial charge in [-0.2, -0.15) is 0 Å². The minimum absolute atomic E-state index is 0.0745. The summed E-state index contributed by atoms with van der Waals surface area (Å²) in [6.45, 7) is 7.06. The molecule has 31 heavy (non-hydrogen) atoms. The lowest BCUT2D eigenvalue weighted by Crippen LogP contribution is -2.31. The van der Waals surface area contributed by atoms with E-state index in [2.05, 4.69) is 15.2 Å². The van der Waals surface area contributed by atoms with Crippen LogP contribution in [0.15, 0.2) is 36.5 Å². The number of halogens is 3. The molecule has 0 unspecified atom stereocenters. The van der Waals surface area contributed by atoms with Crippen LogP contribution in [0, 0.1) is 17.5 Å². The van der Waals surface area contributed by atoms with E-state index in [4.69, 9.17) is 4.74 Å². The molecule has 162 valence electrons. The van der Waals surface area contributed by atoms with Crippen molar-refractivity contribution in [2.24, 2.45) is 0 Å². The lowest BCUT2D eigenvalue weighted by Gasteiger charge is -2.28. The molecule has 6 nitrogen and oxygen atoms in total. The van der Waals surface area contributed by atoms with E-state index >= 15 is 0 Å². The summed E-state index contributed by atoms with van der Waals surface area (Å²) in [7, 11) is 0. The number of H-pyrrole nitrogens is 1. The van der Waals surface area contributed by atoms with Gasteiger partial charge in [-0.15, -0.1) is 10.2 Å². The second-order valence-electron chi connectivity index (χ2n) is 8.06. The van der Waals surface area contributed by atoms with E-state index in [1.54, 1.807) is 32.2 Å². The molecule has 0 amide bonds. The summed E-state index contributed by atoms with van der Waals surface area (Å²) in [6, 6.07) is 6.44. The van der Waals surface area contributed by atoms with E-state index < -0.39 is 28.8 Å². The van der Waals surface area contributed by atoms with E-state index in [1.807, 2.05) is 24.5 Å². The molecule has 2 aromatic carbocycles. The third-order valence-electron chi connectivity index (χ3n) is 5.00. The first-order chi connectivity index (χ1) is 14.6. The number of rotatable bonds is 5. The zero-order chi connectivity index (χ0) is 22.5. The van der Waals surface area contributed by atoms with Crippen LogP contribution in [0.4, 0.5) is 13.2 Å². The molecule has 0 spiro atoms. The fourth-order valence-electron chi connectivity index (χ4n) is 3.58. The summed E-state index contributed by atoms with van der Waals surface area (Å²) in [5, 5.41) is 19.9. The number of hydrogen-bond acceptors (Lipinski definition) is 4. The molecule has 0 fully saturated rings. The lowest BCUT2D eigenvalue weighted by atomic mass is 10.1. The number of fused-ring (bicyclic) bond motifs is 1. The first kappa shape index (κ1) is 20.8. The van der Waals surface area contributed by atoms with Gasteiger partial charge in [0.15, 0.2) is 40.5 Å². The average Bonchev–Trinajstić information content (AvgIpc) is 3.29. The van der Waals surface area contributed by atoms with Crippen LogP contribution in [0.3, 0.4) is 0 Å². The van der Waals surface area contributed by atoms with Crippen LogP contribution in [-0.4, -0.2) is 24.9 Å². The zero-order valence-electron chi connectivity index (χ0n) is 17.4. The average molecular weight is 430 g/mol. The van der Waals surface area contributed by atoms with Crippen LogP contribution in [-0.2, 0) is 5.60 Å². The highest BCUT2D eigenvalue weighted by molar-refractivity contribution is 5.90. The van der Waals surface area contributed by atoms with E-state index in [-0.39, 0.29) is 11.9 Å². The Hall–Kier alpha value is -3.49. The SMILES string of the molecule is CC(C)n1c(-c2ccc3c(O)[nH]cc3c2)nnc1C(C)(C)Oc1c(F)cc(F)cc1F. The van der Waals surface area contributed by atoms with Crippen LogP contribution in [0.25, 0.3) is 22.2 Å². The molecule has 2 heterocycles. The molecule has 0 saturated heterocycles. The molecule has 0 saturated carbocycles. The van der Waals surface area contributed by atoms with Gasteiger partial charge in [-0.05, 0) is 39.8 Å². The maximum Gasteiger partial charge on any atom is 0.196 e. The smallest absolute Gasteiger partial charge is 0.196 e. The number of benzene rings is 2. The highest BCUT2D eigenvalue weighted by Crippen LogP contribution is 2.35. The zero-order valence-corrected chi connectivity index (χ0v) is 17.4. The number of aromatic nitrogens is 4. The third-order valence-corrected chi connectivity index (χ3v) is 5.00. The van der Waals surface area contributed by atoms with Crippen LogP contribution >= 0.6 is 0 Å². The van der Waals surface area contributed by atoms with Gasteiger partial charge in [-0.3, -0.25) is 0 Å². The summed E-state index contributed by atoms with van der Waals surface area (Å²) in [5.41, 5.74) is -0.542. The predicted octanol–water partition coefficient (Wildman–Crippen LogP) is 5.44. The Morgan fingerprint density at radius 1 is 1.06 bits per heavy atom. The summed E-state index contributed by atoms with van der Waals surface area (Å²) in [5.74, 6) is -3.04. The van der Waals surface area contributed by atoms with Gasteiger partial charge in [0.25, 0.3) is 0 Å². The van der Waals surface area contributed by atoms with Gasteiger partial charge in [-0.25, -0.2) is 13.2 Å². The monoisotopic (exact) mass is 430 g/mol. The van der Waals surface area contributed by atoms with Crippen molar-refractivity contribution >= 4 is 10.8 Å².